The number of oxime groups is 2. The number of carbonyl (C=O) groups excluding carboxylic acids is 5. The first-order valence-electron chi connectivity index (χ1n) is 37.5. The topological polar surface area (TPSA) is 175 Å². The molecule has 117 heavy (non-hydrogen) atoms. The summed E-state index contributed by atoms with van der Waals surface area (Å²) in [6, 6.07) is 63.1. The fourth-order valence-electron chi connectivity index (χ4n) is 15.6. The van der Waals surface area contributed by atoms with E-state index in [9.17, 15) is 54.3 Å². The van der Waals surface area contributed by atoms with Crippen molar-refractivity contribution in [1.29, 1.82) is 0 Å². The number of rotatable bonds is 27. The average Bonchev–Trinajstić information content (AvgIpc) is 1.58. The largest absolute Gasteiger partial charge is 0.486 e. The number of carbonyl (C=O) groups is 5. The molecule has 0 aliphatic heterocycles. The van der Waals surface area contributed by atoms with Gasteiger partial charge in [0.1, 0.15) is 36.1 Å². The molecule has 0 saturated carbocycles. The lowest BCUT2D eigenvalue weighted by molar-refractivity contribution is -0.148. The van der Waals surface area contributed by atoms with Gasteiger partial charge in [0.05, 0.1) is 22.2 Å². The van der Waals surface area contributed by atoms with Gasteiger partial charge in [-0.2, -0.15) is 17.6 Å². The van der Waals surface area contributed by atoms with Crippen LogP contribution in [0.4, 0.5) is 35.1 Å². The summed E-state index contributed by atoms with van der Waals surface area (Å²) in [7, 11) is 0. The molecule has 23 heteroatoms. The van der Waals surface area contributed by atoms with Crippen LogP contribution in [0.5, 0.6) is 11.5 Å². The van der Waals surface area contributed by atoms with Crippen molar-refractivity contribution in [1.82, 2.24) is 9.13 Å². The minimum absolute atomic E-state index is 0.0105. The highest BCUT2D eigenvalue weighted by molar-refractivity contribution is 6.28. The first-order valence-corrected chi connectivity index (χ1v) is 37.5. The second-order valence-corrected chi connectivity index (χ2v) is 29.0. The maximum Gasteiger partial charge on any atom is 0.340 e. The SMILES string of the molecule is CC(=O)ON=C(c1ccc2c(c1)c1cc(Cc3c(C)cc(C)cc3C)c3ccccc3c1n2Cc1ccccc1C(=O)OCCOC(=O)c1ccccc1Cn1c2ccc(C(=NOC(C)=O)c3ccccc3OCC(F)(F)C(F)F)cc2c2cc(C(=O)c3c(C)cc(C)cc3C)c3ccccc3c21)c1ccccc1OCC(F)(F)C(F)F. The molecule has 0 atom stereocenters. The van der Waals surface area contributed by atoms with Crippen LogP contribution in [0.25, 0.3) is 65.2 Å². The summed E-state index contributed by atoms with van der Waals surface area (Å²) < 4.78 is 139. The second-order valence-electron chi connectivity index (χ2n) is 29.0. The summed E-state index contributed by atoms with van der Waals surface area (Å²) >= 11 is 0. The van der Waals surface area contributed by atoms with E-state index in [-0.39, 0.29) is 82.8 Å². The number of aromatic nitrogens is 2. The van der Waals surface area contributed by atoms with Crippen LogP contribution in [0.1, 0.15) is 128 Å². The highest BCUT2D eigenvalue weighted by atomic mass is 19.3. The highest BCUT2D eigenvalue weighted by Gasteiger charge is 2.43. The van der Waals surface area contributed by atoms with Crippen LogP contribution in [-0.4, -0.2) is 101 Å². The molecule has 15 nitrogen and oxygen atoms in total. The van der Waals surface area contributed by atoms with Gasteiger partial charge in [0.15, 0.2) is 19.0 Å². The van der Waals surface area contributed by atoms with Crippen molar-refractivity contribution < 1.29 is 87.7 Å². The molecular formula is C94H76F8N4O11. The average molecular weight is 1590 g/mol. The summed E-state index contributed by atoms with van der Waals surface area (Å²) in [5.74, 6) is -12.9. The number of nitrogens with zero attached hydrogens (tertiary/aromatic N) is 4. The Labute approximate surface area is 666 Å². The molecule has 594 valence electrons. The normalized spacial score (nSPS) is 12.3. The van der Waals surface area contributed by atoms with Gasteiger partial charge in [-0.25, -0.2) is 36.7 Å². The van der Waals surface area contributed by atoms with Gasteiger partial charge in [-0.3, -0.25) is 4.79 Å². The van der Waals surface area contributed by atoms with Crippen molar-refractivity contribution in [2.75, 3.05) is 26.4 Å². The molecule has 0 aliphatic rings. The van der Waals surface area contributed by atoms with Crippen LogP contribution in [0.15, 0.2) is 229 Å². The molecular weight excluding hydrogens is 1510 g/mol. The van der Waals surface area contributed by atoms with Crippen molar-refractivity contribution >= 4 is 106 Å². The smallest absolute Gasteiger partial charge is 0.340 e. The molecule has 14 aromatic rings. The Morgan fingerprint density at radius 2 is 0.778 bits per heavy atom. The number of fused-ring (bicyclic) bond motifs is 10. The van der Waals surface area contributed by atoms with Gasteiger partial charge in [-0.1, -0.05) is 167 Å². The summed E-state index contributed by atoms with van der Waals surface area (Å²) in [5, 5.41) is 14.0. The monoisotopic (exact) mass is 1590 g/mol. The fraction of sp³-hybridized carbons (Fsp3) is 0.202. The third-order valence-corrected chi connectivity index (χ3v) is 20.7. The number of hydrogen-bond acceptors (Lipinski definition) is 13. The van der Waals surface area contributed by atoms with Crippen molar-refractivity contribution in [3.63, 3.8) is 0 Å². The van der Waals surface area contributed by atoms with Gasteiger partial charge in [0.25, 0.3) is 0 Å². The van der Waals surface area contributed by atoms with E-state index in [2.05, 4.69) is 53.0 Å². The van der Waals surface area contributed by atoms with Crippen LogP contribution in [0, 0.1) is 41.5 Å². The molecule has 12 aromatic carbocycles. The first-order chi connectivity index (χ1) is 56.0. The number of halogens is 8. The Kier molecular flexibility index (Phi) is 22.8. The first kappa shape index (κ1) is 80.3. The number of benzene rings is 12. The Balaban J connectivity index is 0.790. The van der Waals surface area contributed by atoms with Gasteiger partial charge in [0, 0.05) is 104 Å². The molecule has 14 rings (SSSR count). The molecule has 0 fully saturated rings. The quantitative estimate of drug-likeness (QED) is 0.00911. The van der Waals surface area contributed by atoms with E-state index >= 15 is 4.79 Å². The zero-order valence-corrected chi connectivity index (χ0v) is 64.7. The summed E-state index contributed by atoms with van der Waals surface area (Å²) in [4.78, 5) is 79.9. The van der Waals surface area contributed by atoms with Crippen LogP contribution >= 0.6 is 0 Å². The Hall–Kier alpha value is -13.3. The molecule has 0 radical (unpaired) electrons. The lowest BCUT2D eigenvalue weighted by Gasteiger charge is -2.18. The lowest BCUT2D eigenvalue weighted by atomic mass is 9.89. The summed E-state index contributed by atoms with van der Waals surface area (Å²) in [6.45, 7) is 10.1. The molecule has 0 bridgehead atoms. The molecule has 2 aromatic heterocycles. The minimum Gasteiger partial charge on any atom is -0.486 e. The fourth-order valence-corrected chi connectivity index (χ4v) is 15.6. The van der Waals surface area contributed by atoms with Crippen LogP contribution in [0.3, 0.4) is 0 Å². The zero-order valence-electron chi connectivity index (χ0n) is 64.7. The predicted molar refractivity (Wildman–Crippen MR) is 434 cm³/mol. The van der Waals surface area contributed by atoms with Crippen molar-refractivity contribution in [2.24, 2.45) is 10.3 Å². The molecule has 0 aliphatic carbocycles. The van der Waals surface area contributed by atoms with Gasteiger partial charge < -0.3 is 37.8 Å². The van der Waals surface area contributed by atoms with Crippen LogP contribution < -0.4 is 9.47 Å². The van der Waals surface area contributed by atoms with E-state index in [1.54, 1.807) is 84.9 Å². The molecule has 0 amide bonds. The van der Waals surface area contributed by atoms with E-state index in [0.29, 0.717) is 77.7 Å². The van der Waals surface area contributed by atoms with E-state index in [0.717, 1.165) is 80.0 Å². The number of aryl methyl sites for hydroxylation is 6. The number of hydrogen-bond donors (Lipinski definition) is 0. The van der Waals surface area contributed by atoms with Gasteiger partial charge in [-0.05, 0) is 176 Å². The Morgan fingerprint density at radius 1 is 0.393 bits per heavy atom. The van der Waals surface area contributed by atoms with E-state index in [1.165, 1.54) is 42.5 Å². The summed E-state index contributed by atoms with van der Waals surface area (Å²) in [5.41, 5.74) is 13.4. The Morgan fingerprint density at radius 3 is 1.22 bits per heavy atom. The highest BCUT2D eigenvalue weighted by Crippen LogP contribution is 2.43. The third kappa shape index (κ3) is 16.4. The number of para-hydroxylation sites is 2. The maximum atomic E-state index is 15.2. The molecule has 0 spiro atoms. The van der Waals surface area contributed by atoms with E-state index in [4.69, 9.17) is 28.6 Å². The number of ether oxygens (including phenoxy) is 4. The molecule has 0 saturated heterocycles. The maximum absolute atomic E-state index is 15.2. The van der Waals surface area contributed by atoms with Crippen LogP contribution in [-0.2, 0) is 48.2 Å². The zero-order chi connectivity index (χ0) is 82.9. The van der Waals surface area contributed by atoms with E-state index < -0.39 is 61.8 Å². The number of alkyl halides is 8. The molecule has 2 heterocycles. The number of esters is 2. The van der Waals surface area contributed by atoms with Crippen molar-refractivity contribution in [3.05, 3.63) is 319 Å². The van der Waals surface area contributed by atoms with Crippen LogP contribution in [0.2, 0.25) is 0 Å². The second kappa shape index (κ2) is 33.3. The molecule has 0 N–H and O–H groups in total. The lowest BCUT2D eigenvalue weighted by Crippen LogP contribution is -2.34. The predicted octanol–water partition coefficient (Wildman–Crippen LogP) is 21.2. The third-order valence-electron chi connectivity index (χ3n) is 20.7. The minimum atomic E-state index is -4.53. The summed E-state index contributed by atoms with van der Waals surface area (Å²) in [6.07, 6.45) is -7.51. The standard InChI is InChI=1S/C94H76F8N4O11/c1-52-39-54(3)73(55(4)40-52)45-64-46-76-74-43-60(84(103-116-58(7)107)71-29-17-19-31-81(71)114-50-93(99,100)91(95)96)33-35-79(74)105(86(76)69-27-15-13-23-65(64)69)48-62-21-9-11-24-66(62)89(110)112-37-38-113-90(111)67-25-12-10-22-63(67)49-106-80-36-34-61(85(104-117-59(8)108)72-30-18-20-32-82(72)115-51-94(101,102)92(97)98)44-75(80)77-47-78(68-26-14-16-28-70(68)87(77)106)88(109)83-56(5)41-53(2)42-57(83)6/h9-36,39-44,46-47,91-92H,37-38,45,48-51H2,1-8H3. The number of ketones is 1. The van der Waals surface area contributed by atoms with Gasteiger partial charge in [-0.15, -0.1) is 0 Å². The van der Waals surface area contributed by atoms with Gasteiger partial charge >= 0.3 is 48.6 Å². The Bertz CT molecular complexity index is 6350. The van der Waals surface area contributed by atoms with Crippen molar-refractivity contribution in [3.8, 4) is 11.5 Å². The van der Waals surface area contributed by atoms with E-state index in [1.807, 2.05) is 99.0 Å². The molecule has 0 unspecified atom stereocenters. The van der Waals surface area contributed by atoms with Crippen molar-refractivity contribution in [2.45, 2.75) is 99.6 Å². The van der Waals surface area contributed by atoms with Gasteiger partial charge in [0.2, 0.25) is 0 Å².